The van der Waals surface area contributed by atoms with Crippen LogP contribution in [0.2, 0.25) is 0 Å². The van der Waals surface area contributed by atoms with Crippen molar-refractivity contribution in [3.63, 3.8) is 0 Å². The third kappa shape index (κ3) is 5.75. The van der Waals surface area contributed by atoms with Gasteiger partial charge in [-0.05, 0) is 31.2 Å². The van der Waals surface area contributed by atoms with E-state index in [1.54, 1.807) is 16.7 Å². The Labute approximate surface area is 181 Å². The van der Waals surface area contributed by atoms with E-state index in [1.165, 1.54) is 28.9 Å². The molecule has 1 saturated heterocycles. The minimum Gasteiger partial charge on any atom is -0.450 e. The maximum atomic E-state index is 12.5. The van der Waals surface area contributed by atoms with Crippen LogP contribution in [-0.2, 0) is 9.53 Å². The molecule has 2 amide bonds. The molecule has 0 aliphatic carbocycles. The summed E-state index contributed by atoms with van der Waals surface area (Å²) in [5.41, 5.74) is 0.560. The van der Waals surface area contributed by atoms with Gasteiger partial charge in [0.2, 0.25) is 11.1 Å². The number of aromatic nitrogens is 3. The number of hydrogen-bond donors (Lipinski definition) is 1. The number of alkyl halides is 2. The lowest BCUT2D eigenvalue weighted by Gasteiger charge is -2.34. The summed E-state index contributed by atoms with van der Waals surface area (Å²) in [4.78, 5) is 27.5. The Hall–Kier alpha value is -3.09. The second kappa shape index (κ2) is 10.3. The number of nitrogens with two attached hydrogens (primary N) is 1. The molecule has 1 fully saturated rings. The Balaban J connectivity index is 1.53. The zero-order chi connectivity index (χ0) is 22.4. The van der Waals surface area contributed by atoms with Gasteiger partial charge in [-0.3, -0.25) is 4.79 Å². The van der Waals surface area contributed by atoms with Crippen LogP contribution in [0.25, 0.3) is 11.4 Å². The number of hydrogen-bond acceptors (Lipinski definition) is 8. The van der Waals surface area contributed by atoms with E-state index in [0.29, 0.717) is 49.3 Å². The van der Waals surface area contributed by atoms with Crippen molar-refractivity contribution in [2.24, 2.45) is 0 Å². The predicted molar refractivity (Wildman–Crippen MR) is 108 cm³/mol. The molecule has 1 aromatic carbocycles. The van der Waals surface area contributed by atoms with Gasteiger partial charge in [0.1, 0.15) is 5.75 Å². The first-order valence-corrected chi connectivity index (χ1v) is 10.5. The molecule has 1 aromatic heterocycles. The molecule has 0 spiro atoms. The monoisotopic (exact) mass is 456 g/mol. The maximum Gasteiger partial charge on any atom is 0.409 e. The van der Waals surface area contributed by atoms with Gasteiger partial charge in [-0.25, -0.2) is 9.47 Å². The fourth-order valence-electron chi connectivity index (χ4n) is 2.93. The van der Waals surface area contributed by atoms with Gasteiger partial charge in [-0.15, -0.1) is 10.2 Å². The molecule has 2 aromatic rings. The third-order valence-electron chi connectivity index (χ3n) is 4.49. The zero-order valence-corrected chi connectivity index (χ0v) is 17.6. The second-order valence-electron chi connectivity index (χ2n) is 6.43. The van der Waals surface area contributed by atoms with Crippen LogP contribution in [0.5, 0.6) is 5.75 Å². The van der Waals surface area contributed by atoms with Gasteiger partial charge in [-0.2, -0.15) is 8.78 Å². The van der Waals surface area contributed by atoms with Crippen molar-refractivity contribution in [2.75, 3.05) is 44.4 Å². The van der Waals surface area contributed by atoms with Crippen LogP contribution in [-0.4, -0.2) is 81.8 Å². The van der Waals surface area contributed by atoms with Gasteiger partial charge in [-0.1, -0.05) is 11.8 Å². The molecular weight excluding hydrogens is 434 g/mol. The van der Waals surface area contributed by atoms with Crippen LogP contribution in [0.3, 0.4) is 0 Å². The number of thioether (sulfide) groups is 1. The molecule has 0 radical (unpaired) electrons. The third-order valence-corrected chi connectivity index (χ3v) is 5.41. The summed E-state index contributed by atoms with van der Waals surface area (Å²) < 4.78 is 35.0. The molecule has 0 saturated carbocycles. The van der Waals surface area contributed by atoms with E-state index >= 15 is 0 Å². The number of carbonyl (C=O) groups is 2. The lowest BCUT2D eigenvalue weighted by atomic mass is 10.2. The topological polar surface area (TPSA) is 116 Å². The number of piperazine rings is 1. The molecule has 0 bridgehead atoms. The highest BCUT2D eigenvalue weighted by molar-refractivity contribution is 7.99. The smallest absolute Gasteiger partial charge is 0.409 e. The van der Waals surface area contributed by atoms with Gasteiger partial charge in [0.25, 0.3) is 0 Å². The number of nitrogens with zero attached hydrogens (tertiary/aromatic N) is 5. The number of carbonyl (C=O) groups excluding carboxylic acids is 2. The van der Waals surface area contributed by atoms with Gasteiger partial charge >= 0.3 is 12.7 Å². The minimum atomic E-state index is -2.90. The fourth-order valence-corrected chi connectivity index (χ4v) is 3.69. The summed E-state index contributed by atoms with van der Waals surface area (Å²) >= 11 is 1.14. The number of benzene rings is 1. The zero-order valence-electron chi connectivity index (χ0n) is 16.7. The van der Waals surface area contributed by atoms with Crippen LogP contribution < -0.4 is 10.6 Å². The highest BCUT2D eigenvalue weighted by Crippen LogP contribution is 2.24. The van der Waals surface area contributed by atoms with E-state index < -0.39 is 6.61 Å². The van der Waals surface area contributed by atoms with E-state index in [4.69, 9.17) is 10.6 Å². The van der Waals surface area contributed by atoms with E-state index in [2.05, 4.69) is 14.9 Å². The van der Waals surface area contributed by atoms with Crippen molar-refractivity contribution < 1.29 is 27.8 Å². The number of halogens is 2. The predicted octanol–water partition coefficient (Wildman–Crippen LogP) is 1.65. The van der Waals surface area contributed by atoms with Crippen LogP contribution in [0.1, 0.15) is 6.92 Å². The van der Waals surface area contributed by atoms with E-state index in [1.807, 2.05) is 0 Å². The molecule has 13 heteroatoms. The Morgan fingerprint density at radius 1 is 1.13 bits per heavy atom. The Morgan fingerprint density at radius 2 is 1.77 bits per heavy atom. The standard InChI is InChI=1S/C18H22F2N6O4S/c1-2-29-18(28)25-9-7-24(8-10-25)14(27)11-31-17-23-22-15(26(17)21)12-3-5-13(6-4-12)30-16(19)20/h3-6,16H,2,7-11,21H2,1H3. The van der Waals surface area contributed by atoms with Crippen molar-refractivity contribution >= 4 is 23.8 Å². The van der Waals surface area contributed by atoms with Gasteiger partial charge in [0.15, 0.2) is 5.82 Å². The normalized spacial score (nSPS) is 14.1. The summed E-state index contributed by atoms with van der Waals surface area (Å²) in [6.07, 6.45) is -0.374. The van der Waals surface area contributed by atoms with E-state index in [0.717, 1.165) is 11.8 Å². The second-order valence-corrected chi connectivity index (χ2v) is 7.38. The molecule has 2 heterocycles. The van der Waals surface area contributed by atoms with Crippen molar-refractivity contribution in [3.05, 3.63) is 24.3 Å². The molecule has 168 valence electrons. The molecule has 31 heavy (non-hydrogen) atoms. The lowest BCUT2D eigenvalue weighted by molar-refractivity contribution is -0.129. The SMILES string of the molecule is CCOC(=O)N1CCN(C(=O)CSc2nnc(-c3ccc(OC(F)F)cc3)n2N)CC1. The average molecular weight is 456 g/mol. The van der Waals surface area contributed by atoms with E-state index in [9.17, 15) is 18.4 Å². The molecule has 0 unspecified atom stereocenters. The highest BCUT2D eigenvalue weighted by Gasteiger charge is 2.25. The summed E-state index contributed by atoms with van der Waals surface area (Å²) in [5, 5.41) is 8.34. The van der Waals surface area contributed by atoms with Crippen molar-refractivity contribution in [1.82, 2.24) is 24.7 Å². The highest BCUT2D eigenvalue weighted by atomic mass is 32.2. The average Bonchev–Trinajstić information content (AvgIpc) is 3.13. The number of rotatable bonds is 7. The molecule has 1 aliphatic rings. The van der Waals surface area contributed by atoms with Crippen molar-refractivity contribution in [3.8, 4) is 17.1 Å². The number of amides is 2. The van der Waals surface area contributed by atoms with Gasteiger partial charge < -0.3 is 25.1 Å². The number of ether oxygens (including phenoxy) is 2. The first-order chi connectivity index (χ1) is 14.9. The minimum absolute atomic E-state index is 0.0186. The Morgan fingerprint density at radius 3 is 2.39 bits per heavy atom. The lowest BCUT2D eigenvalue weighted by Crippen LogP contribution is -2.51. The quantitative estimate of drug-likeness (QED) is 0.494. The first-order valence-electron chi connectivity index (χ1n) is 9.47. The Kier molecular flexibility index (Phi) is 7.50. The van der Waals surface area contributed by atoms with E-state index in [-0.39, 0.29) is 23.5 Å². The van der Waals surface area contributed by atoms with Gasteiger partial charge in [0.05, 0.1) is 12.4 Å². The largest absolute Gasteiger partial charge is 0.450 e. The van der Waals surface area contributed by atoms with Crippen LogP contribution in [0, 0.1) is 0 Å². The van der Waals surface area contributed by atoms with Gasteiger partial charge in [0, 0.05) is 31.7 Å². The van der Waals surface area contributed by atoms with Crippen LogP contribution in [0.15, 0.2) is 29.4 Å². The molecule has 10 nitrogen and oxygen atoms in total. The number of nitrogen functional groups attached to an aromatic ring is 1. The molecule has 2 N–H and O–H groups in total. The summed E-state index contributed by atoms with van der Waals surface area (Å²) in [5.74, 6) is 6.38. The molecule has 3 rings (SSSR count). The van der Waals surface area contributed by atoms with Crippen molar-refractivity contribution in [2.45, 2.75) is 18.7 Å². The van der Waals surface area contributed by atoms with Crippen LogP contribution >= 0.6 is 11.8 Å². The molecule has 0 atom stereocenters. The molecule has 1 aliphatic heterocycles. The summed E-state index contributed by atoms with van der Waals surface area (Å²) in [6, 6.07) is 5.83. The van der Waals surface area contributed by atoms with Crippen LogP contribution in [0.4, 0.5) is 13.6 Å². The summed E-state index contributed by atoms with van der Waals surface area (Å²) in [6.45, 7) is 0.822. The first kappa shape index (κ1) is 22.6. The maximum absolute atomic E-state index is 12.5. The Bertz CT molecular complexity index is 903. The van der Waals surface area contributed by atoms with Crippen molar-refractivity contribution in [1.29, 1.82) is 0 Å². The fraction of sp³-hybridized carbons (Fsp3) is 0.444. The molecular formula is C18H22F2N6O4S. The summed E-state index contributed by atoms with van der Waals surface area (Å²) in [7, 11) is 0.